The lowest BCUT2D eigenvalue weighted by molar-refractivity contribution is -0.143. The van der Waals surface area contributed by atoms with E-state index in [0.29, 0.717) is 0 Å². The number of likely N-dealkylation sites (tertiary alicyclic amines) is 1. The minimum absolute atomic E-state index is 0.145. The molecule has 5 heteroatoms. The molecule has 0 aromatic rings. The van der Waals surface area contributed by atoms with Crippen molar-refractivity contribution >= 4 is 5.97 Å². The third kappa shape index (κ3) is 6.20. The molecular weight excluding hydrogens is 254 g/mol. The molecule has 1 heterocycles. The molecular formula is C15H31N3O2. The van der Waals surface area contributed by atoms with Gasteiger partial charge in [-0.2, -0.15) is 0 Å². The smallest absolute Gasteiger partial charge is 0.324 e. The van der Waals surface area contributed by atoms with Gasteiger partial charge in [-0.15, -0.1) is 0 Å². The molecule has 0 amide bonds. The standard InChI is InChI=1S/C15H31N3O2/c1-5-8-16-14(15(19)20-4)12-18-9-6-13(7-10-18)11-17(2)3/h13-14,16H,5-12H2,1-4H3. The molecule has 1 aliphatic rings. The van der Waals surface area contributed by atoms with Crippen LogP contribution in [0.5, 0.6) is 0 Å². The van der Waals surface area contributed by atoms with Crippen LogP contribution in [0.3, 0.4) is 0 Å². The number of carbonyl (C=O) groups excluding carboxylic acids is 1. The first-order valence-electron chi connectivity index (χ1n) is 7.75. The molecule has 0 radical (unpaired) electrons. The molecule has 1 aliphatic heterocycles. The van der Waals surface area contributed by atoms with E-state index in [1.165, 1.54) is 26.5 Å². The lowest BCUT2D eigenvalue weighted by atomic mass is 9.96. The first-order valence-corrected chi connectivity index (χ1v) is 7.75. The van der Waals surface area contributed by atoms with E-state index in [1.807, 2.05) is 0 Å². The fraction of sp³-hybridized carbons (Fsp3) is 0.933. The summed E-state index contributed by atoms with van der Waals surface area (Å²) in [5, 5.41) is 3.29. The highest BCUT2D eigenvalue weighted by molar-refractivity contribution is 5.75. The monoisotopic (exact) mass is 285 g/mol. The first kappa shape index (κ1) is 17.4. The fourth-order valence-corrected chi connectivity index (χ4v) is 2.81. The lowest BCUT2D eigenvalue weighted by Crippen LogP contribution is -2.49. The Morgan fingerprint density at radius 3 is 2.55 bits per heavy atom. The highest BCUT2D eigenvalue weighted by Gasteiger charge is 2.25. The third-order valence-electron chi connectivity index (χ3n) is 3.90. The van der Waals surface area contributed by atoms with Gasteiger partial charge in [0.1, 0.15) is 6.04 Å². The number of carbonyl (C=O) groups is 1. The Kier molecular flexibility index (Phi) is 8.11. The van der Waals surface area contributed by atoms with Crippen molar-refractivity contribution in [3.8, 4) is 0 Å². The van der Waals surface area contributed by atoms with E-state index in [4.69, 9.17) is 4.74 Å². The van der Waals surface area contributed by atoms with Crippen LogP contribution < -0.4 is 5.32 Å². The number of methoxy groups -OCH3 is 1. The van der Waals surface area contributed by atoms with Gasteiger partial charge in [0.05, 0.1) is 7.11 Å². The predicted molar refractivity (Wildman–Crippen MR) is 81.8 cm³/mol. The number of rotatable bonds is 8. The summed E-state index contributed by atoms with van der Waals surface area (Å²) >= 11 is 0. The number of hydrogen-bond acceptors (Lipinski definition) is 5. The summed E-state index contributed by atoms with van der Waals surface area (Å²) in [6.07, 6.45) is 3.47. The average molecular weight is 285 g/mol. The Bertz CT molecular complexity index is 276. The number of hydrogen-bond donors (Lipinski definition) is 1. The van der Waals surface area contributed by atoms with Gasteiger partial charge in [0.15, 0.2) is 0 Å². The maximum absolute atomic E-state index is 11.8. The second-order valence-electron chi connectivity index (χ2n) is 6.04. The van der Waals surface area contributed by atoms with Crippen molar-refractivity contribution in [1.29, 1.82) is 0 Å². The molecule has 1 atom stereocenters. The van der Waals surface area contributed by atoms with E-state index in [9.17, 15) is 4.79 Å². The van der Waals surface area contributed by atoms with Crippen molar-refractivity contribution < 1.29 is 9.53 Å². The molecule has 20 heavy (non-hydrogen) atoms. The Labute approximate surface area is 123 Å². The Morgan fingerprint density at radius 2 is 2.05 bits per heavy atom. The van der Waals surface area contributed by atoms with Gasteiger partial charge in [0.25, 0.3) is 0 Å². The highest BCUT2D eigenvalue weighted by Crippen LogP contribution is 2.17. The van der Waals surface area contributed by atoms with E-state index in [2.05, 4.69) is 36.1 Å². The molecule has 5 nitrogen and oxygen atoms in total. The minimum Gasteiger partial charge on any atom is -0.468 e. The van der Waals surface area contributed by atoms with E-state index in [0.717, 1.165) is 38.5 Å². The van der Waals surface area contributed by atoms with Crippen LogP contribution in [0, 0.1) is 5.92 Å². The van der Waals surface area contributed by atoms with Gasteiger partial charge < -0.3 is 19.9 Å². The number of nitrogens with one attached hydrogen (secondary N) is 1. The molecule has 0 spiro atoms. The van der Waals surface area contributed by atoms with Crippen LogP contribution in [-0.2, 0) is 9.53 Å². The molecule has 1 saturated heterocycles. The molecule has 0 aromatic carbocycles. The van der Waals surface area contributed by atoms with Crippen LogP contribution in [0.4, 0.5) is 0 Å². The van der Waals surface area contributed by atoms with Crippen LogP contribution in [0.1, 0.15) is 26.2 Å². The first-order chi connectivity index (χ1) is 9.56. The van der Waals surface area contributed by atoms with Crippen LogP contribution in [0.2, 0.25) is 0 Å². The van der Waals surface area contributed by atoms with E-state index < -0.39 is 0 Å². The summed E-state index contributed by atoms with van der Waals surface area (Å²) in [6, 6.07) is -0.189. The van der Waals surface area contributed by atoms with Crippen LogP contribution in [0.15, 0.2) is 0 Å². The van der Waals surface area contributed by atoms with Crippen LogP contribution >= 0.6 is 0 Å². The molecule has 0 bridgehead atoms. The Morgan fingerprint density at radius 1 is 1.40 bits per heavy atom. The van der Waals surface area contributed by atoms with E-state index >= 15 is 0 Å². The molecule has 0 aliphatic carbocycles. The summed E-state index contributed by atoms with van der Waals surface area (Å²) in [6.45, 7) is 7.06. The van der Waals surface area contributed by atoms with Gasteiger partial charge in [-0.1, -0.05) is 6.92 Å². The largest absolute Gasteiger partial charge is 0.468 e. The third-order valence-corrected chi connectivity index (χ3v) is 3.90. The Hall–Kier alpha value is -0.650. The van der Waals surface area contributed by atoms with Gasteiger partial charge in [0, 0.05) is 13.1 Å². The van der Waals surface area contributed by atoms with Gasteiger partial charge in [-0.05, 0) is 58.9 Å². The summed E-state index contributed by atoms with van der Waals surface area (Å²) < 4.78 is 4.89. The van der Waals surface area contributed by atoms with Crippen molar-refractivity contribution in [2.24, 2.45) is 5.92 Å². The number of nitrogens with zero attached hydrogens (tertiary/aromatic N) is 2. The maximum atomic E-state index is 11.8. The zero-order valence-corrected chi connectivity index (χ0v) is 13.5. The molecule has 1 unspecified atom stereocenters. The van der Waals surface area contributed by atoms with Gasteiger partial charge in [0.2, 0.25) is 0 Å². The van der Waals surface area contributed by atoms with Crippen LogP contribution in [0.25, 0.3) is 0 Å². The summed E-state index contributed by atoms with van der Waals surface area (Å²) in [4.78, 5) is 16.4. The summed E-state index contributed by atoms with van der Waals surface area (Å²) in [7, 11) is 5.73. The normalized spacial score (nSPS) is 19.2. The summed E-state index contributed by atoms with van der Waals surface area (Å²) in [5.41, 5.74) is 0. The van der Waals surface area contributed by atoms with Crippen molar-refractivity contribution in [3.05, 3.63) is 0 Å². The van der Waals surface area contributed by atoms with E-state index in [-0.39, 0.29) is 12.0 Å². The molecule has 118 valence electrons. The number of piperidine rings is 1. The second kappa shape index (κ2) is 9.32. The van der Waals surface area contributed by atoms with E-state index in [1.54, 1.807) is 0 Å². The van der Waals surface area contributed by atoms with Crippen molar-refractivity contribution in [2.45, 2.75) is 32.2 Å². The topological polar surface area (TPSA) is 44.8 Å². The average Bonchev–Trinajstić information content (AvgIpc) is 2.43. The zero-order valence-electron chi connectivity index (χ0n) is 13.5. The molecule has 1 fully saturated rings. The van der Waals surface area contributed by atoms with Gasteiger partial charge >= 0.3 is 5.97 Å². The van der Waals surface area contributed by atoms with Gasteiger partial charge in [-0.25, -0.2) is 0 Å². The maximum Gasteiger partial charge on any atom is 0.324 e. The van der Waals surface area contributed by atoms with Crippen molar-refractivity contribution in [3.63, 3.8) is 0 Å². The fourth-order valence-electron chi connectivity index (χ4n) is 2.81. The predicted octanol–water partition coefficient (Wildman–Crippen LogP) is 0.801. The SMILES string of the molecule is CCCNC(CN1CCC(CN(C)C)CC1)C(=O)OC. The number of esters is 1. The molecule has 0 aromatic heterocycles. The quantitative estimate of drug-likeness (QED) is 0.668. The van der Waals surface area contributed by atoms with Crippen LogP contribution in [-0.4, -0.2) is 75.7 Å². The molecule has 1 rings (SSSR count). The number of ether oxygens (including phenoxy) is 1. The summed E-state index contributed by atoms with van der Waals surface area (Å²) in [5.74, 6) is 0.648. The Balaban J connectivity index is 2.36. The van der Waals surface area contributed by atoms with Crippen molar-refractivity contribution in [1.82, 2.24) is 15.1 Å². The second-order valence-corrected chi connectivity index (χ2v) is 6.04. The zero-order chi connectivity index (χ0) is 15.0. The lowest BCUT2D eigenvalue weighted by Gasteiger charge is -2.34. The van der Waals surface area contributed by atoms with Crippen molar-refractivity contribution in [2.75, 3.05) is 53.9 Å². The molecule has 0 saturated carbocycles. The minimum atomic E-state index is -0.189. The van der Waals surface area contributed by atoms with Gasteiger partial charge in [-0.3, -0.25) is 4.79 Å². The molecule has 1 N–H and O–H groups in total. The highest BCUT2D eigenvalue weighted by atomic mass is 16.5.